The standard InChI is InChI=1S/C22H30N6O2/c1-15-24-8-9-28(15)19-10-16-13-27(22(29)26-18-4-2-3-5-18)14-17(16)11-20(19)30-21-12-23-6-7-25-21/h6-9,12,16-20H,2-5,10-11,13-14H2,1H3,(H,26,29)/t16-,17+,19-,20-/m0/s1. The average molecular weight is 411 g/mol. The van der Waals surface area contributed by atoms with Crippen LogP contribution in [0, 0.1) is 18.8 Å². The van der Waals surface area contributed by atoms with Crippen LogP contribution in [0.2, 0.25) is 0 Å². The lowest BCUT2D eigenvalue weighted by Gasteiger charge is -2.38. The molecule has 0 aromatic carbocycles. The first-order chi connectivity index (χ1) is 14.7. The van der Waals surface area contributed by atoms with Crippen molar-refractivity contribution in [1.29, 1.82) is 0 Å². The summed E-state index contributed by atoms with van der Waals surface area (Å²) in [6.07, 6.45) is 15.4. The van der Waals surface area contributed by atoms with Crippen molar-refractivity contribution in [3.05, 3.63) is 36.8 Å². The fraction of sp³-hybridized carbons (Fsp3) is 0.636. The third-order valence-electron chi connectivity index (χ3n) is 7.09. The summed E-state index contributed by atoms with van der Waals surface area (Å²) in [7, 11) is 0. The Kier molecular flexibility index (Phi) is 5.31. The first kappa shape index (κ1) is 19.3. The van der Waals surface area contributed by atoms with E-state index in [0.717, 1.165) is 44.6 Å². The molecule has 4 atom stereocenters. The zero-order valence-electron chi connectivity index (χ0n) is 17.5. The van der Waals surface area contributed by atoms with Crippen LogP contribution in [0.15, 0.2) is 31.0 Å². The van der Waals surface area contributed by atoms with E-state index >= 15 is 0 Å². The van der Waals surface area contributed by atoms with Crippen molar-refractivity contribution in [2.75, 3.05) is 13.1 Å². The molecule has 1 saturated heterocycles. The number of carbonyl (C=O) groups is 1. The Bertz CT molecular complexity index is 866. The highest BCUT2D eigenvalue weighted by atomic mass is 16.5. The lowest BCUT2D eigenvalue weighted by molar-refractivity contribution is 0.0501. The number of carbonyl (C=O) groups excluding carboxylic acids is 1. The lowest BCUT2D eigenvalue weighted by atomic mass is 9.77. The Balaban J connectivity index is 1.31. The van der Waals surface area contributed by atoms with Gasteiger partial charge in [-0.25, -0.2) is 14.8 Å². The van der Waals surface area contributed by atoms with Crippen LogP contribution in [-0.2, 0) is 0 Å². The molecule has 30 heavy (non-hydrogen) atoms. The van der Waals surface area contributed by atoms with Crippen molar-refractivity contribution in [2.24, 2.45) is 11.8 Å². The van der Waals surface area contributed by atoms with Crippen LogP contribution < -0.4 is 10.1 Å². The molecule has 2 amide bonds. The molecule has 2 aromatic rings. The number of nitrogens with zero attached hydrogens (tertiary/aromatic N) is 5. The third-order valence-corrected chi connectivity index (χ3v) is 7.09. The Hall–Kier alpha value is -2.64. The molecule has 0 bridgehead atoms. The van der Waals surface area contributed by atoms with Gasteiger partial charge >= 0.3 is 6.03 Å². The van der Waals surface area contributed by atoms with Gasteiger partial charge in [-0.1, -0.05) is 12.8 Å². The Morgan fingerprint density at radius 1 is 1.10 bits per heavy atom. The van der Waals surface area contributed by atoms with Gasteiger partial charge in [-0.3, -0.25) is 4.98 Å². The molecule has 3 fully saturated rings. The highest BCUT2D eigenvalue weighted by Crippen LogP contribution is 2.43. The Morgan fingerprint density at radius 2 is 1.90 bits per heavy atom. The Morgan fingerprint density at radius 3 is 2.60 bits per heavy atom. The number of hydrogen-bond acceptors (Lipinski definition) is 5. The molecule has 3 heterocycles. The zero-order valence-corrected chi connectivity index (χ0v) is 17.5. The van der Waals surface area contributed by atoms with Crippen molar-refractivity contribution >= 4 is 6.03 Å². The molecule has 0 spiro atoms. The smallest absolute Gasteiger partial charge is 0.317 e. The van der Waals surface area contributed by atoms with Gasteiger partial charge in [0.25, 0.3) is 0 Å². The van der Waals surface area contributed by atoms with E-state index in [-0.39, 0.29) is 18.2 Å². The maximum absolute atomic E-state index is 12.8. The highest BCUT2D eigenvalue weighted by Gasteiger charge is 2.45. The minimum atomic E-state index is -0.0197. The van der Waals surface area contributed by atoms with Crippen molar-refractivity contribution in [1.82, 2.24) is 29.7 Å². The van der Waals surface area contributed by atoms with E-state index in [4.69, 9.17) is 4.74 Å². The van der Waals surface area contributed by atoms with Gasteiger partial charge in [-0.2, -0.15) is 0 Å². The van der Waals surface area contributed by atoms with Crippen molar-refractivity contribution in [3.63, 3.8) is 0 Å². The number of aromatic nitrogens is 4. The number of imidazole rings is 1. The molecule has 2 aromatic heterocycles. The highest BCUT2D eigenvalue weighted by molar-refractivity contribution is 5.75. The molecule has 160 valence electrons. The fourth-order valence-electron chi connectivity index (χ4n) is 5.55. The number of likely N-dealkylation sites (tertiary alicyclic amines) is 1. The number of nitrogens with one attached hydrogen (secondary N) is 1. The molecule has 1 N–H and O–H groups in total. The molecule has 5 rings (SSSR count). The second-order valence-electron chi connectivity index (χ2n) is 8.98. The number of amides is 2. The van der Waals surface area contributed by atoms with E-state index in [1.54, 1.807) is 18.6 Å². The summed E-state index contributed by atoms with van der Waals surface area (Å²) >= 11 is 0. The monoisotopic (exact) mass is 410 g/mol. The van der Waals surface area contributed by atoms with Crippen LogP contribution in [0.1, 0.15) is 50.4 Å². The van der Waals surface area contributed by atoms with Crippen molar-refractivity contribution < 1.29 is 9.53 Å². The molecule has 2 aliphatic carbocycles. The number of urea groups is 1. The van der Waals surface area contributed by atoms with Crippen LogP contribution >= 0.6 is 0 Å². The van der Waals surface area contributed by atoms with Crippen LogP contribution in [0.25, 0.3) is 0 Å². The van der Waals surface area contributed by atoms with Crippen molar-refractivity contribution in [2.45, 2.75) is 63.6 Å². The van der Waals surface area contributed by atoms with Gasteiger partial charge < -0.3 is 19.5 Å². The van der Waals surface area contributed by atoms with E-state index in [0.29, 0.717) is 23.8 Å². The van der Waals surface area contributed by atoms with Crippen LogP contribution in [0.4, 0.5) is 4.79 Å². The topological polar surface area (TPSA) is 85.2 Å². The summed E-state index contributed by atoms with van der Waals surface area (Å²) in [6, 6.07) is 0.640. The third kappa shape index (κ3) is 3.87. The number of rotatable bonds is 4. The summed E-state index contributed by atoms with van der Waals surface area (Å²) in [5.74, 6) is 2.46. The second kappa shape index (κ2) is 8.24. The fourth-order valence-corrected chi connectivity index (χ4v) is 5.55. The van der Waals surface area contributed by atoms with Crippen LogP contribution in [0.3, 0.4) is 0 Å². The van der Waals surface area contributed by atoms with Crippen LogP contribution in [-0.4, -0.2) is 55.7 Å². The van der Waals surface area contributed by atoms with Gasteiger partial charge in [0.05, 0.1) is 12.2 Å². The van der Waals surface area contributed by atoms with Gasteiger partial charge in [0.15, 0.2) is 0 Å². The summed E-state index contributed by atoms with van der Waals surface area (Å²) in [6.45, 7) is 3.66. The average Bonchev–Trinajstić information content (AvgIpc) is 3.49. The molecule has 0 radical (unpaired) electrons. The maximum Gasteiger partial charge on any atom is 0.317 e. The zero-order chi connectivity index (χ0) is 20.5. The van der Waals surface area contributed by atoms with Crippen molar-refractivity contribution in [3.8, 4) is 5.88 Å². The quantitative estimate of drug-likeness (QED) is 0.838. The molecule has 8 nitrogen and oxygen atoms in total. The predicted octanol–water partition coefficient (Wildman–Crippen LogP) is 2.96. The normalized spacial score (nSPS) is 29.0. The number of fused-ring (bicyclic) bond motifs is 1. The molecule has 8 heteroatoms. The van der Waals surface area contributed by atoms with Gasteiger partial charge in [0, 0.05) is 43.9 Å². The van der Waals surface area contributed by atoms with Gasteiger partial charge in [0.1, 0.15) is 11.9 Å². The van der Waals surface area contributed by atoms with E-state index in [2.05, 4.69) is 24.8 Å². The summed E-state index contributed by atoms with van der Waals surface area (Å²) < 4.78 is 8.54. The summed E-state index contributed by atoms with van der Waals surface area (Å²) in [5.41, 5.74) is 0. The van der Waals surface area contributed by atoms with Gasteiger partial charge in [0.2, 0.25) is 5.88 Å². The lowest BCUT2D eigenvalue weighted by Crippen LogP contribution is -2.43. The van der Waals surface area contributed by atoms with Gasteiger partial charge in [-0.05, 0) is 44.4 Å². The first-order valence-electron chi connectivity index (χ1n) is 11.1. The maximum atomic E-state index is 12.8. The van der Waals surface area contributed by atoms with Gasteiger partial charge in [-0.15, -0.1) is 0 Å². The molecule has 2 saturated carbocycles. The molecule has 0 unspecified atom stereocenters. The minimum Gasteiger partial charge on any atom is -0.471 e. The minimum absolute atomic E-state index is 0.0197. The van der Waals surface area contributed by atoms with E-state index in [1.165, 1.54) is 12.8 Å². The largest absolute Gasteiger partial charge is 0.471 e. The molecule has 1 aliphatic heterocycles. The summed E-state index contributed by atoms with van der Waals surface area (Å²) in [5, 5.41) is 3.25. The van der Waals surface area contributed by atoms with E-state index in [9.17, 15) is 4.79 Å². The first-order valence-corrected chi connectivity index (χ1v) is 11.1. The number of hydrogen-bond donors (Lipinski definition) is 1. The Labute approximate surface area is 177 Å². The number of ether oxygens (including phenoxy) is 1. The second-order valence-corrected chi connectivity index (χ2v) is 8.98. The number of aryl methyl sites for hydroxylation is 1. The van der Waals surface area contributed by atoms with Crippen LogP contribution in [0.5, 0.6) is 5.88 Å². The van der Waals surface area contributed by atoms with E-state index < -0.39 is 0 Å². The SMILES string of the molecule is Cc1nccn1[C@H]1C[C@H]2CN(C(=O)NC3CCCC3)C[C@H]2C[C@@H]1Oc1cnccn1. The van der Waals surface area contributed by atoms with E-state index in [1.807, 2.05) is 24.2 Å². The molecule has 3 aliphatic rings. The molecular weight excluding hydrogens is 380 g/mol. The predicted molar refractivity (Wildman–Crippen MR) is 111 cm³/mol. The summed E-state index contributed by atoms with van der Waals surface area (Å²) in [4.78, 5) is 27.7. The molecular formula is C22H30N6O2.